The van der Waals surface area contributed by atoms with E-state index >= 15 is 0 Å². The molecule has 1 heterocycles. The molecule has 3 aromatic rings. The number of nitrogens with one attached hydrogen (secondary N) is 1. The molecule has 22 heavy (non-hydrogen) atoms. The maximum Gasteiger partial charge on any atom is 0.168 e. The van der Waals surface area contributed by atoms with E-state index in [4.69, 9.17) is 11.6 Å². The summed E-state index contributed by atoms with van der Waals surface area (Å²) in [5, 5.41) is 2.05. The molecule has 0 aliphatic heterocycles. The third-order valence-electron chi connectivity index (χ3n) is 2.94. The Labute approximate surface area is 136 Å². The zero-order chi connectivity index (χ0) is 15.9. The van der Waals surface area contributed by atoms with Crippen molar-refractivity contribution in [3.63, 3.8) is 0 Å². The highest BCUT2D eigenvalue weighted by Crippen LogP contribution is 2.31. The fraction of sp³-hybridized carbons (Fsp3) is 0. The van der Waals surface area contributed by atoms with E-state index in [1.165, 1.54) is 12.4 Å². The number of benzene rings is 2. The molecule has 0 aliphatic carbocycles. The molecule has 2 aromatic carbocycles. The molecule has 112 valence electrons. The van der Waals surface area contributed by atoms with Gasteiger partial charge in [0.1, 0.15) is 28.8 Å². The van der Waals surface area contributed by atoms with Crippen LogP contribution in [0.25, 0.3) is 10.9 Å². The summed E-state index contributed by atoms with van der Waals surface area (Å²) in [5.41, 5.74) is 0.215. The third-order valence-corrected chi connectivity index (χ3v) is 3.75. The predicted molar refractivity (Wildman–Crippen MR) is 81.8 cm³/mol. The Hall–Kier alpha value is -1.86. The summed E-state index contributed by atoms with van der Waals surface area (Å²) in [6.45, 7) is 0. The molecule has 0 fully saturated rings. The molecule has 0 aliphatic rings. The Kier molecular flexibility index (Phi) is 3.92. The second-order valence-corrected chi connectivity index (χ2v) is 5.65. The lowest BCUT2D eigenvalue weighted by Crippen LogP contribution is -2.00. The van der Waals surface area contributed by atoms with Crippen LogP contribution in [-0.2, 0) is 0 Å². The van der Waals surface area contributed by atoms with Crippen molar-refractivity contribution in [3.05, 3.63) is 57.5 Å². The standard InChI is InChI=1S/C14H6BrClF3N3/c15-6-3-8(18)11-10(4-6)20-5-21-14(11)22-9-2-1-7(17)12(16)13(9)19/h1-5H,(H,20,21,22). The first-order chi connectivity index (χ1) is 10.5. The van der Waals surface area contributed by atoms with Crippen molar-refractivity contribution >= 4 is 49.9 Å². The van der Waals surface area contributed by atoms with E-state index in [-0.39, 0.29) is 16.9 Å². The largest absolute Gasteiger partial charge is 0.337 e. The second-order valence-electron chi connectivity index (χ2n) is 4.35. The van der Waals surface area contributed by atoms with Crippen LogP contribution >= 0.6 is 27.5 Å². The lowest BCUT2D eigenvalue weighted by atomic mass is 10.2. The van der Waals surface area contributed by atoms with Crippen LogP contribution in [0.2, 0.25) is 5.02 Å². The summed E-state index contributed by atoms with van der Waals surface area (Å²) in [5.74, 6) is -2.39. The van der Waals surface area contributed by atoms with Crippen molar-refractivity contribution in [3.8, 4) is 0 Å². The van der Waals surface area contributed by atoms with E-state index in [0.29, 0.717) is 9.99 Å². The number of hydrogen-bond donors (Lipinski definition) is 1. The number of aromatic nitrogens is 2. The Morgan fingerprint density at radius 3 is 2.59 bits per heavy atom. The number of anilines is 2. The number of fused-ring (bicyclic) bond motifs is 1. The molecule has 0 bridgehead atoms. The quantitative estimate of drug-likeness (QED) is 0.613. The normalized spacial score (nSPS) is 11.0. The number of halogens is 5. The molecule has 0 spiro atoms. The average Bonchev–Trinajstić information content (AvgIpc) is 2.47. The minimum atomic E-state index is -0.981. The van der Waals surface area contributed by atoms with E-state index in [1.54, 1.807) is 6.07 Å². The zero-order valence-electron chi connectivity index (χ0n) is 10.7. The van der Waals surface area contributed by atoms with Gasteiger partial charge in [0, 0.05) is 4.47 Å². The van der Waals surface area contributed by atoms with Gasteiger partial charge in [-0.05, 0) is 24.3 Å². The minimum absolute atomic E-state index is 0.0524. The van der Waals surface area contributed by atoms with E-state index in [1.807, 2.05) is 0 Å². The van der Waals surface area contributed by atoms with Crippen molar-refractivity contribution in [1.82, 2.24) is 9.97 Å². The third kappa shape index (κ3) is 2.62. The maximum atomic E-state index is 14.1. The van der Waals surface area contributed by atoms with Crippen LogP contribution in [0, 0.1) is 17.5 Å². The Balaban J connectivity index is 2.14. The number of hydrogen-bond acceptors (Lipinski definition) is 3. The maximum absolute atomic E-state index is 14.1. The Morgan fingerprint density at radius 2 is 1.82 bits per heavy atom. The average molecular weight is 389 g/mol. The Morgan fingerprint density at radius 1 is 1.05 bits per heavy atom. The van der Waals surface area contributed by atoms with Gasteiger partial charge in [-0.2, -0.15) is 0 Å². The van der Waals surface area contributed by atoms with Crippen molar-refractivity contribution < 1.29 is 13.2 Å². The monoisotopic (exact) mass is 387 g/mol. The van der Waals surface area contributed by atoms with Crippen LogP contribution in [0.15, 0.2) is 35.1 Å². The molecule has 3 nitrogen and oxygen atoms in total. The lowest BCUT2D eigenvalue weighted by molar-refractivity contribution is 0.586. The van der Waals surface area contributed by atoms with Gasteiger partial charge in [-0.25, -0.2) is 23.1 Å². The molecular formula is C14H6BrClF3N3. The molecule has 0 amide bonds. The van der Waals surface area contributed by atoms with Crippen LogP contribution in [-0.4, -0.2) is 9.97 Å². The molecule has 0 radical (unpaired) electrons. The fourth-order valence-corrected chi connectivity index (χ4v) is 2.54. The summed E-state index contributed by atoms with van der Waals surface area (Å²) in [6, 6.07) is 5.00. The zero-order valence-corrected chi connectivity index (χ0v) is 13.0. The smallest absolute Gasteiger partial charge is 0.168 e. The van der Waals surface area contributed by atoms with Crippen molar-refractivity contribution in [2.75, 3.05) is 5.32 Å². The first-order valence-electron chi connectivity index (χ1n) is 5.97. The highest BCUT2D eigenvalue weighted by Gasteiger charge is 2.15. The van der Waals surface area contributed by atoms with Crippen LogP contribution in [0.3, 0.4) is 0 Å². The fourth-order valence-electron chi connectivity index (χ4n) is 1.95. The van der Waals surface area contributed by atoms with Gasteiger partial charge < -0.3 is 5.32 Å². The number of rotatable bonds is 2. The SMILES string of the molecule is Fc1ccc(Nc2ncnc3cc(Br)cc(F)c23)c(F)c1Cl. The van der Waals surface area contributed by atoms with E-state index in [9.17, 15) is 13.2 Å². The molecule has 3 rings (SSSR count). The highest BCUT2D eigenvalue weighted by atomic mass is 79.9. The van der Waals surface area contributed by atoms with Gasteiger partial charge in [0.15, 0.2) is 5.82 Å². The molecule has 0 unspecified atom stereocenters. The summed E-state index contributed by atoms with van der Waals surface area (Å²) >= 11 is 8.68. The summed E-state index contributed by atoms with van der Waals surface area (Å²) in [6.07, 6.45) is 1.21. The summed E-state index contributed by atoms with van der Waals surface area (Å²) in [7, 11) is 0. The topological polar surface area (TPSA) is 37.8 Å². The van der Waals surface area contributed by atoms with Crippen LogP contribution in [0.4, 0.5) is 24.7 Å². The first kappa shape index (κ1) is 15.1. The van der Waals surface area contributed by atoms with E-state index in [0.717, 1.165) is 12.1 Å². The minimum Gasteiger partial charge on any atom is -0.337 e. The summed E-state index contributed by atoms with van der Waals surface area (Å²) in [4.78, 5) is 7.86. The van der Waals surface area contributed by atoms with Gasteiger partial charge in [0.2, 0.25) is 0 Å². The van der Waals surface area contributed by atoms with Crippen molar-refractivity contribution in [2.45, 2.75) is 0 Å². The van der Waals surface area contributed by atoms with Crippen LogP contribution in [0.1, 0.15) is 0 Å². The molecule has 1 aromatic heterocycles. The van der Waals surface area contributed by atoms with Crippen LogP contribution in [0.5, 0.6) is 0 Å². The Bertz CT molecular complexity index is 889. The molecule has 0 atom stereocenters. The molecule has 0 saturated carbocycles. The number of nitrogens with zero attached hydrogens (tertiary/aromatic N) is 2. The van der Waals surface area contributed by atoms with Gasteiger partial charge in [-0.3, -0.25) is 0 Å². The molecule has 0 saturated heterocycles. The highest BCUT2D eigenvalue weighted by molar-refractivity contribution is 9.10. The van der Waals surface area contributed by atoms with E-state index < -0.39 is 22.5 Å². The van der Waals surface area contributed by atoms with Gasteiger partial charge in [0.25, 0.3) is 0 Å². The molecule has 8 heteroatoms. The van der Waals surface area contributed by atoms with Gasteiger partial charge >= 0.3 is 0 Å². The first-order valence-corrected chi connectivity index (χ1v) is 7.14. The van der Waals surface area contributed by atoms with Gasteiger partial charge in [0.05, 0.1) is 16.6 Å². The summed E-state index contributed by atoms with van der Waals surface area (Å²) < 4.78 is 41.7. The predicted octanol–water partition coefficient (Wildman–Crippen LogP) is 5.21. The molecule has 1 N–H and O–H groups in total. The van der Waals surface area contributed by atoms with Gasteiger partial charge in [-0.15, -0.1) is 0 Å². The molecular weight excluding hydrogens is 383 g/mol. The van der Waals surface area contributed by atoms with E-state index in [2.05, 4.69) is 31.2 Å². The lowest BCUT2D eigenvalue weighted by Gasteiger charge is -2.11. The van der Waals surface area contributed by atoms with Crippen molar-refractivity contribution in [1.29, 1.82) is 0 Å². The van der Waals surface area contributed by atoms with Crippen molar-refractivity contribution in [2.24, 2.45) is 0 Å². The second kappa shape index (κ2) is 5.73. The van der Waals surface area contributed by atoms with Crippen LogP contribution < -0.4 is 5.32 Å². The van der Waals surface area contributed by atoms with Gasteiger partial charge in [-0.1, -0.05) is 27.5 Å².